The van der Waals surface area contributed by atoms with Crippen LogP contribution < -0.4 is 14.9 Å². The molecule has 4 rings (SSSR count). The lowest BCUT2D eigenvalue weighted by Crippen LogP contribution is -2.30. The molecule has 2 heterocycles. The first kappa shape index (κ1) is 20.9. The van der Waals surface area contributed by atoms with Gasteiger partial charge in [0.1, 0.15) is 0 Å². The summed E-state index contributed by atoms with van der Waals surface area (Å²) in [5.74, 6) is -0.282. The number of anilines is 3. The number of hydrogen-bond acceptors (Lipinski definition) is 5. The van der Waals surface area contributed by atoms with E-state index >= 15 is 0 Å². The minimum absolute atomic E-state index is 0.0783. The number of benzene rings is 2. The predicted octanol–water partition coefficient (Wildman–Crippen LogP) is 4.13. The van der Waals surface area contributed by atoms with E-state index in [2.05, 4.69) is 19.9 Å². The van der Waals surface area contributed by atoms with Crippen molar-refractivity contribution in [1.29, 1.82) is 0 Å². The Morgan fingerprint density at radius 2 is 1.55 bits per heavy atom. The minimum Gasteiger partial charge on any atom is -0.370 e. The van der Waals surface area contributed by atoms with Crippen LogP contribution in [0.15, 0.2) is 78.0 Å². The molecular formula is C23H24N4O3S. The number of carbonyl (C=O) groups excluding carboxylic acids is 1. The summed E-state index contributed by atoms with van der Waals surface area (Å²) in [6, 6.07) is 16.8. The Bertz CT molecular complexity index is 1140. The quantitative estimate of drug-likeness (QED) is 0.606. The van der Waals surface area contributed by atoms with Crippen molar-refractivity contribution in [2.75, 3.05) is 28.0 Å². The zero-order valence-corrected chi connectivity index (χ0v) is 17.8. The molecule has 0 unspecified atom stereocenters. The molecule has 2 N–H and O–H groups in total. The molecule has 0 saturated carbocycles. The maximum Gasteiger partial charge on any atom is 0.261 e. The van der Waals surface area contributed by atoms with Gasteiger partial charge in [-0.05, 0) is 67.8 Å². The number of hydrogen-bond donors (Lipinski definition) is 2. The lowest BCUT2D eigenvalue weighted by Gasteiger charge is -2.30. The summed E-state index contributed by atoms with van der Waals surface area (Å²) in [6.07, 6.45) is 6.54. The van der Waals surface area contributed by atoms with Crippen LogP contribution in [0.25, 0.3) is 0 Å². The number of rotatable bonds is 6. The van der Waals surface area contributed by atoms with Crippen LogP contribution in [0, 0.1) is 0 Å². The van der Waals surface area contributed by atoms with Gasteiger partial charge in [-0.1, -0.05) is 12.1 Å². The van der Waals surface area contributed by atoms with Gasteiger partial charge in [0.15, 0.2) is 0 Å². The SMILES string of the molecule is O=C(Nc1ccccc1N1CCCCC1)c1ccc(S(=O)(=O)Nc2ccncc2)cc1. The van der Waals surface area contributed by atoms with Crippen LogP contribution >= 0.6 is 0 Å². The van der Waals surface area contributed by atoms with Crippen LogP contribution in [0.2, 0.25) is 0 Å². The van der Waals surface area contributed by atoms with Gasteiger partial charge in [-0.3, -0.25) is 14.5 Å². The summed E-state index contributed by atoms with van der Waals surface area (Å²) in [7, 11) is -3.75. The van der Waals surface area contributed by atoms with Crippen molar-refractivity contribution >= 4 is 33.0 Å². The molecule has 0 atom stereocenters. The van der Waals surface area contributed by atoms with E-state index in [4.69, 9.17) is 0 Å². The van der Waals surface area contributed by atoms with Gasteiger partial charge in [0, 0.05) is 31.0 Å². The fourth-order valence-corrected chi connectivity index (χ4v) is 4.66. The van der Waals surface area contributed by atoms with E-state index in [1.165, 1.54) is 43.1 Å². The molecule has 1 fully saturated rings. The van der Waals surface area contributed by atoms with Crippen LogP contribution in [0.3, 0.4) is 0 Å². The van der Waals surface area contributed by atoms with E-state index in [0.29, 0.717) is 11.3 Å². The van der Waals surface area contributed by atoms with E-state index in [1.54, 1.807) is 12.1 Å². The van der Waals surface area contributed by atoms with E-state index in [0.717, 1.165) is 37.3 Å². The molecule has 2 aromatic carbocycles. The third-order valence-corrected chi connectivity index (χ3v) is 6.61. The predicted molar refractivity (Wildman–Crippen MR) is 122 cm³/mol. The number of para-hydroxylation sites is 2. The largest absolute Gasteiger partial charge is 0.370 e. The molecule has 0 aliphatic carbocycles. The minimum atomic E-state index is -3.75. The van der Waals surface area contributed by atoms with Crippen molar-refractivity contribution in [3.63, 3.8) is 0 Å². The number of nitrogens with zero attached hydrogens (tertiary/aromatic N) is 2. The molecule has 1 amide bonds. The first-order valence-corrected chi connectivity index (χ1v) is 11.7. The number of sulfonamides is 1. The topological polar surface area (TPSA) is 91.4 Å². The second-order valence-electron chi connectivity index (χ2n) is 7.38. The molecule has 160 valence electrons. The molecule has 8 heteroatoms. The molecule has 3 aromatic rings. The van der Waals surface area contributed by atoms with Crippen LogP contribution in [0.4, 0.5) is 17.1 Å². The summed E-state index contributed by atoms with van der Waals surface area (Å²) < 4.78 is 27.6. The summed E-state index contributed by atoms with van der Waals surface area (Å²) in [5, 5.41) is 2.97. The van der Waals surface area contributed by atoms with Gasteiger partial charge in [0.2, 0.25) is 0 Å². The van der Waals surface area contributed by atoms with Gasteiger partial charge < -0.3 is 10.2 Å². The third-order valence-electron chi connectivity index (χ3n) is 5.21. The summed E-state index contributed by atoms with van der Waals surface area (Å²) in [5.41, 5.74) is 2.57. The van der Waals surface area contributed by atoms with Crippen molar-refractivity contribution < 1.29 is 13.2 Å². The molecule has 0 bridgehead atoms. The molecule has 1 saturated heterocycles. The van der Waals surface area contributed by atoms with Gasteiger partial charge in [-0.2, -0.15) is 0 Å². The Morgan fingerprint density at radius 3 is 2.26 bits per heavy atom. The zero-order valence-electron chi connectivity index (χ0n) is 17.0. The Morgan fingerprint density at radius 1 is 0.871 bits per heavy atom. The van der Waals surface area contributed by atoms with E-state index in [1.807, 2.05) is 24.3 Å². The van der Waals surface area contributed by atoms with Crippen molar-refractivity contribution in [1.82, 2.24) is 4.98 Å². The second kappa shape index (κ2) is 9.18. The van der Waals surface area contributed by atoms with Crippen LogP contribution in [-0.4, -0.2) is 32.4 Å². The maximum atomic E-state index is 12.8. The Balaban J connectivity index is 1.48. The summed E-state index contributed by atoms with van der Waals surface area (Å²) >= 11 is 0. The van der Waals surface area contributed by atoms with Crippen LogP contribution in [0.5, 0.6) is 0 Å². The normalized spacial score (nSPS) is 14.1. The number of amides is 1. The first-order valence-electron chi connectivity index (χ1n) is 10.2. The van der Waals surface area contributed by atoms with Crippen LogP contribution in [0.1, 0.15) is 29.6 Å². The molecule has 0 radical (unpaired) electrons. The zero-order chi connectivity index (χ0) is 21.7. The van der Waals surface area contributed by atoms with Crippen molar-refractivity contribution in [3.8, 4) is 0 Å². The van der Waals surface area contributed by atoms with Crippen LogP contribution in [-0.2, 0) is 10.0 Å². The van der Waals surface area contributed by atoms with E-state index in [9.17, 15) is 13.2 Å². The fraction of sp³-hybridized carbons (Fsp3) is 0.217. The fourth-order valence-electron chi connectivity index (χ4n) is 3.60. The molecule has 1 aromatic heterocycles. The Labute approximate surface area is 182 Å². The maximum absolute atomic E-state index is 12.8. The standard InChI is InChI=1S/C23H24N4O3S/c28-23(25-21-6-2-3-7-22(21)27-16-4-1-5-17-27)18-8-10-20(11-9-18)31(29,30)26-19-12-14-24-15-13-19/h2-3,6-15H,1,4-5,16-17H2,(H,24,26)(H,25,28). The highest BCUT2D eigenvalue weighted by molar-refractivity contribution is 7.92. The molecule has 1 aliphatic rings. The van der Waals surface area contributed by atoms with Gasteiger partial charge in [0.05, 0.1) is 22.0 Å². The van der Waals surface area contributed by atoms with Gasteiger partial charge in [-0.25, -0.2) is 8.42 Å². The number of piperidine rings is 1. The smallest absolute Gasteiger partial charge is 0.261 e. The average Bonchev–Trinajstić information content (AvgIpc) is 2.80. The number of aromatic nitrogens is 1. The Kier molecular flexibility index (Phi) is 6.18. The summed E-state index contributed by atoms with van der Waals surface area (Å²) in [6.45, 7) is 1.95. The van der Waals surface area contributed by atoms with E-state index < -0.39 is 10.0 Å². The number of nitrogens with one attached hydrogen (secondary N) is 2. The van der Waals surface area contributed by atoms with Crippen molar-refractivity contribution in [2.24, 2.45) is 0 Å². The molecule has 1 aliphatic heterocycles. The average molecular weight is 437 g/mol. The monoisotopic (exact) mass is 436 g/mol. The van der Waals surface area contributed by atoms with E-state index in [-0.39, 0.29) is 10.8 Å². The third kappa shape index (κ3) is 5.03. The number of carbonyl (C=O) groups is 1. The number of pyridine rings is 1. The van der Waals surface area contributed by atoms with Crippen molar-refractivity contribution in [2.45, 2.75) is 24.2 Å². The lowest BCUT2D eigenvalue weighted by molar-refractivity contribution is 0.102. The highest BCUT2D eigenvalue weighted by atomic mass is 32.2. The van der Waals surface area contributed by atoms with Gasteiger partial charge >= 0.3 is 0 Å². The molecular weight excluding hydrogens is 412 g/mol. The Hall–Kier alpha value is -3.39. The summed E-state index contributed by atoms with van der Waals surface area (Å²) in [4.78, 5) is 19.0. The van der Waals surface area contributed by atoms with Crippen molar-refractivity contribution in [3.05, 3.63) is 78.6 Å². The molecule has 7 nitrogen and oxygen atoms in total. The second-order valence-corrected chi connectivity index (χ2v) is 9.07. The highest BCUT2D eigenvalue weighted by Crippen LogP contribution is 2.28. The first-order chi connectivity index (χ1) is 15.0. The van der Waals surface area contributed by atoms with Gasteiger partial charge in [-0.15, -0.1) is 0 Å². The molecule has 0 spiro atoms. The lowest BCUT2D eigenvalue weighted by atomic mass is 10.1. The molecule has 31 heavy (non-hydrogen) atoms. The highest BCUT2D eigenvalue weighted by Gasteiger charge is 2.18. The van der Waals surface area contributed by atoms with Gasteiger partial charge in [0.25, 0.3) is 15.9 Å².